The summed E-state index contributed by atoms with van der Waals surface area (Å²) in [4.78, 5) is 4.33. The van der Waals surface area contributed by atoms with Crippen LogP contribution in [0.15, 0.2) is 35.0 Å². The maximum atomic E-state index is 9.61. The fourth-order valence-electron chi connectivity index (χ4n) is 2.22. The third kappa shape index (κ3) is 2.18. The number of aryl methyl sites for hydroxylation is 2. The van der Waals surface area contributed by atoms with E-state index >= 15 is 0 Å². The Morgan fingerprint density at radius 2 is 2.10 bits per heavy atom. The van der Waals surface area contributed by atoms with Crippen molar-refractivity contribution in [3.63, 3.8) is 0 Å². The third-order valence-electron chi connectivity index (χ3n) is 3.36. The molecule has 20 heavy (non-hydrogen) atoms. The van der Waals surface area contributed by atoms with Crippen LogP contribution in [0.4, 0.5) is 5.82 Å². The maximum absolute atomic E-state index is 9.61. The Balaban J connectivity index is 1.93. The largest absolute Gasteiger partial charge is 0.508 e. The van der Waals surface area contributed by atoms with Crippen molar-refractivity contribution in [2.24, 2.45) is 0 Å². The van der Waals surface area contributed by atoms with Gasteiger partial charge in [-0.3, -0.25) is 0 Å². The van der Waals surface area contributed by atoms with Crippen LogP contribution in [0, 0.1) is 13.8 Å². The number of aromatic nitrogens is 2. The molecule has 0 saturated heterocycles. The molecule has 3 rings (SSSR count). The van der Waals surface area contributed by atoms with E-state index in [0.717, 1.165) is 33.6 Å². The molecule has 0 saturated carbocycles. The molecule has 0 aliphatic heterocycles. The molecule has 0 aliphatic rings. The summed E-state index contributed by atoms with van der Waals surface area (Å²) in [6.45, 7) is 4.39. The molecule has 0 radical (unpaired) electrons. The second kappa shape index (κ2) is 4.85. The van der Waals surface area contributed by atoms with Crippen LogP contribution in [-0.2, 0) is 6.54 Å². The molecular weight excluding hydrogens is 254 g/mol. The van der Waals surface area contributed by atoms with Gasteiger partial charge in [0.2, 0.25) is 0 Å². The molecule has 0 bridgehead atoms. The van der Waals surface area contributed by atoms with Gasteiger partial charge in [-0.15, -0.1) is 0 Å². The zero-order valence-electron chi connectivity index (χ0n) is 11.3. The number of benzene rings is 1. The number of nitrogens with one attached hydrogen (secondary N) is 1. The Morgan fingerprint density at radius 3 is 2.85 bits per heavy atom. The molecule has 2 N–H and O–H groups in total. The molecule has 0 amide bonds. The Kier molecular flexibility index (Phi) is 3.02. The number of hydrogen-bond acceptors (Lipinski definition) is 5. The standard InChI is InChI=1S/C15H15N3O2/c1-9-14(10(2)20-18-9)8-17-15-13-7-12(19)4-3-11(13)5-6-16-15/h3-7,19H,8H2,1-2H3,(H,16,17). The van der Waals surface area contributed by atoms with Crippen LogP contribution >= 0.6 is 0 Å². The molecule has 0 spiro atoms. The number of rotatable bonds is 3. The second-order valence-electron chi connectivity index (χ2n) is 4.72. The first-order valence-corrected chi connectivity index (χ1v) is 6.38. The summed E-state index contributed by atoms with van der Waals surface area (Å²) < 4.78 is 5.14. The number of fused-ring (bicyclic) bond motifs is 1. The highest BCUT2D eigenvalue weighted by Crippen LogP contribution is 2.25. The molecule has 2 heterocycles. The average Bonchev–Trinajstić information content (AvgIpc) is 2.76. The van der Waals surface area contributed by atoms with Crippen LogP contribution in [0.3, 0.4) is 0 Å². The topological polar surface area (TPSA) is 71.2 Å². The van der Waals surface area contributed by atoms with Gasteiger partial charge in [-0.05, 0) is 37.4 Å². The van der Waals surface area contributed by atoms with Gasteiger partial charge in [0.05, 0.1) is 5.69 Å². The van der Waals surface area contributed by atoms with E-state index < -0.39 is 0 Å². The summed E-state index contributed by atoms with van der Waals surface area (Å²) in [6.07, 6.45) is 1.75. The van der Waals surface area contributed by atoms with Gasteiger partial charge in [0.25, 0.3) is 0 Å². The zero-order chi connectivity index (χ0) is 14.1. The van der Waals surface area contributed by atoms with E-state index in [4.69, 9.17) is 4.52 Å². The van der Waals surface area contributed by atoms with Crippen LogP contribution in [0.25, 0.3) is 10.8 Å². The van der Waals surface area contributed by atoms with Crippen molar-refractivity contribution in [3.05, 3.63) is 47.5 Å². The minimum absolute atomic E-state index is 0.228. The van der Waals surface area contributed by atoms with Crippen LogP contribution in [0.2, 0.25) is 0 Å². The molecule has 2 aromatic heterocycles. The molecule has 0 unspecified atom stereocenters. The lowest BCUT2D eigenvalue weighted by Gasteiger charge is -2.08. The highest BCUT2D eigenvalue weighted by atomic mass is 16.5. The summed E-state index contributed by atoms with van der Waals surface area (Å²) in [7, 11) is 0. The Hall–Kier alpha value is -2.56. The number of phenols is 1. The maximum Gasteiger partial charge on any atom is 0.138 e. The fraction of sp³-hybridized carbons (Fsp3) is 0.200. The molecule has 3 aromatic rings. The van der Waals surface area contributed by atoms with Crippen molar-refractivity contribution in [2.75, 3.05) is 5.32 Å². The fourth-order valence-corrected chi connectivity index (χ4v) is 2.22. The first-order valence-electron chi connectivity index (χ1n) is 6.38. The van der Waals surface area contributed by atoms with Crippen molar-refractivity contribution in [2.45, 2.75) is 20.4 Å². The van der Waals surface area contributed by atoms with Gasteiger partial charge < -0.3 is 14.9 Å². The molecule has 1 aromatic carbocycles. The quantitative estimate of drug-likeness (QED) is 0.764. The molecule has 5 nitrogen and oxygen atoms in total. The van der Waals surface area contributed by atoms with Crippen LogP contribution in [0.1, 0.15) is 17.0 Å². The number of aromatic hydroxyl groups is 1. The van der Waals surface area contributed by atoms with E-state index in [2.05, 4.69) is 15.5 Å². The number of phenolic OH excluding ortho intramolecular Hbond substituents is 1. The predicted molar refractivity (Wildman–Crippen MR) is 76.7 cm³/mol. The molecule has 5 heteroatoms. The number of hydrogen-bond donors (Lipinski definition) is 2. The van der Waals surface area contributed by atoms with E-state index in [1.54, 1.807) is 18.3 Å². The van der Waals surface area contributed by atoms with Gasteiger partial charge >= 0.3 is 0 Å². The average molecular weight is 269 g/mol. The van der Waals surface area contributed by atoms with Gasteiger partial charge in [-0.25, -0.2) is 4.98 Å². The minimum atomic E-state index is 0.228. The van der Waals surface area contributed by atoms with Gasteiger partial charge in [-0.2, -0.15) is 0 Å². The van der Waals surface area contributed by atoms with Crippen molar-refractivity contribution in [3.8, 4) is 5.75 Å². The first kappa shape index (κ1) is 12.5. The Labute approximate surface area is 116 Å². The molecule has 0 atom stereocenters. The monoisotopic (exact) mass is 269 g/mol. The van der Waals surface area contributed by atoms with Crippen LogP contribution in [0.5, 0.6) is 5.75 Å². The van der Waals surface area contributed by atoms with Gasteiger partial charge in [0.1, 0.15) is 17.3 Å². The number of anilines is 1. The molecule has 102 valence electrons. The molecule has 0 aliphatic carbocycles. The van der Waals surface area contributed by atoms with E-state index in [-0.39, 0.29) is 5.75 Å². The molecule has 0 fully saturated rings. The lowest BCUT2D eigenvalue weighted by molar-refractivity contribution is 0.392. The first-order chi connectivity index (χ1) is 9.65. The van der Waals surface area contributed by atoms with Crippen molar-refractivity contribution >= 4 is 16.6 Å². The van der Waals surface area contributed by atoms with Gasteiger partial charge in [0.15, 0.2) is 0 Å². The molecular formula is C15H15N3O2. The Bertz CT molecular complexity index is 745. The zero-order valence-corrected chi connectivity index (χ0v) is 11.3. The summed E-state index contributed by atoms with van der Waals surface area (Å²) in [5, 5.41) is 18.7. The smallest absolute Gasteiger partial charge is 0.138 e. The van der Waals surface area contributed by atoms with Crippen LogP contribution in [-0.4, -0.2) is 15.2 Å². The number of nitrogens with zero attached hydrogens (tertiary/aromatic N) is 2. The third-order valence-corrected chi connectivity index (χ3v) is 3.36. The number of pyridine rings is 1. The van der Waals surface area contributed by atoms with E-state index in [9.17, 15) is 5.11 Å². The van der Waals surface area contributed by atoms with E-state index in [0.29, 0.717) is 6.54 Å². The predicted octanol–water partition coefficient (Wildman–Crippen LogP) is 3.16. The van der Waals surface area contributed by atoms with Crippen molar-refractivity contribution in [1.29, 1.82) is 0 Å². The summed E-state index contributed by atoms with van der Waals surface area (Å²) in [5.41, 5.74) is 1.90. The second-order valence-corrected chi connectivity index (χ2v) is 4.72. The highest BCUT2D eigenvalue weighted by molar-refractivity contribution is 5.92. The van der Waals surface area contributed by atoms with Crippen LogP contribution < -0.4 is 5.32 Å². The van der Waals surface area contributed by atoms with E-state index in [1.165, 1.54) is 0 Å². The lowest BCUT2D eigenvalue weighted by Crippen LogP contribution is -2.03. The summed E-state index contributed by atoms with van der Waals surface area (Å²) in [5.74, 6) is 1.77. The Morgan fingerprint density at radius 1 is 1.25 bits per heavy atom. The van der Waals surface area contributed by atoms with Gasteiger partial charge in [0, 0.05) is 23.7 Å². The normalized spacial score (nSPS) is 10.9. The highest BCUT2D eigenvalue weighted by Gasteiger charge is 2.10. The van der Waals surface area contributed by atoms with E-state index in [1.807, 2.05) is 26.0 Å². The van der Waals surface area contributed by atoms with Crippen molar-refractivity contribution in [1.82, 2.24) is 10.1 Å². The summed E-state index contributed by atoms with van der Waals surface area (Å²) >= 11 is 0. The SMILES string of the molecule is Cc1noc(C)c1CNc1nccc2ccc(O)cc12. The van der Waals surface area contributed by atoms with Crippen molar-refractivity contribution < 1.29 is 9.63 Å². The van der Waals surface area contributed by atoms with Gasteiger partial charge in [-0.1, -0.05) is 11.2 Å². The minimum Gasteiger partial charge on any atom is -0.508 e. The lowest BCUT2D eigenvalue weighted by atomic mass is 10.1. The summed E-state index contributed by atoms with van der Waals surface area (Å²) in [6, 6.07) is 7.15.